The molecule has 0 aliphatic heterocycles. The predicted octanol–water partition coefficient (Wildman–Crippen LogP) is 0.827. The van der Waals surface area contributed by atoms with E-state index in [1.807, 2.05) is 25.7 Å². The molecule has 16 heavy (non-hydrogen) atoms. The molecule has 1 atom stereocenters. The Balaban J connectivity index is 2.40. The maximum absolute atomic E-state index is 4.33. The van der Waals surface area contributed by atoms with Gasteiger partial charge in [-0.1, -0.05) is 0 Å². The van der Waals surface area contributed by atoms with E-state index in [1.165, 1.54) is 0 Å². The zero-order valence-electron chi connectivity index (χ0n) is 9.68. The molecule has 2 aromatic heterocycles. The van der Waals surface area contributed by atoms with Gasteiger partial charge in [0.25, 0.3) is 0 Å². The molecule has 5 heteroatoms. The van der Waals surface area contributed by atoms with Gasteiger partial charge in [-0.2, -0.15) is 5.10 Å². The van der Waals surface area contributed by atoms with Crippen molar-refractivity contribution >= 4 is 0 Å². The summed E-state index contributed by atoms with van der Waals surface area (Å²) in [5, 5.41) is 7.56. The summed E-state index contributed by atoms with van der Waals surface area (Å²) in [6, 6.07) is 2.08. The lowest BCUT2D eigenvalue weighted by molar-refractivity contribution is 0.591. The number of rotatable bonds is 3. The van der Waals surface area contributed by atoms with Crippen molar-refractivity contribution in [1.29, 1.82) is 0 Å². The molecule has 0 amide bonds. The van der Waals surface area contributed by atoms with Crippen LogP contribution in [0.15, 0.2) is 24.7 Å². The van der Waals surface area contributed by atoms with Crippen LogP contribution in [0, 0.1) is 6.92 Å². The highest BCUT2D eigenvalue weighted by molar-refractivity contribution is 5.21. The Kier molecular flexibility index (Phi) is 2.96. The fraction of sp³-hybridized carbons (Fsp3) is 0.364. The van der Waals surface area contributed by atoms with Crippen LogP contribution in [0.5, 0.6) is 0 Å². The molecule has 84 valence electrons. The van der Waals surface area contributed by atoms with Crippen LogP contribution in [-0.2, 0) is 7.05 Å². The number of aromatic nitrogens is 4. The van der Waals surface area contributed by atoms with E-state index in [4.69, 9.17) is 0 Å². The van der Waals surface area contributed by atoms with E-state index in [2.05, 4.69) is 26.4 Å². The smallest absolute Gasteiger partial charge is 0.0935 e. The quantitative estimate of drug-likeness (QED) is 0.827. The van der Waals surface area contributed by atoms with E-state index in [0.717, 1.165) is 17.1 Å². The minimum Gasteiger partial charge on any atom is -0.307 e. The first kappa shape index (κ1) is 10.8. The lowest BCUT2D eigenvalue weighted by Gasteiger charge is -2.15. The van der Waals surface area contributed by atoms with Gasteiger partial charge in [0.15, 0.2) is 0 Å². The average molecular weight is 217 g/mol. The van der Waals surface area contributed by atoms with Crippen LogP contribution < -0.4 is 5.32 Å². The summed E-state index contributed by atoms with van der Waals surface area (Å²) in [5.41, 5.74) is 2.98. The summed E-state index contributed by atoms with van der Waals surface area (Å²) < 4.78 is 1.87. The van der Waals surface area contributed by atoms with Gasteiger partial charge in [-0.3, -0.25) is 14.6 Å². The highest BCUT2D eigenvalue weighted by atomic mass is 15.3. The Morgan fingerprint density at radius 3 is 2.69 bits per heavy atom. The average Bonchev–Trinajstić information content (AvgIpc) is 2.61. The molecule has 1 unspecified atom stereocenters. The van der Waals surface area contributed by atoms with Gasteiger partial charge >= 0.3 is 0 Å². The zero-order valence-corrected chi connectivity index (χ0v) is 9.68. The summed E-state index contributed by atoms with van der Waals surface area (Å²) in [6.07, 6.45) is 5.14. The second-order valence-corrected chi connectivity index (χ2v) is 3.69. The van der Waals surface area contributed by atoms with Crippen molar-refractivity contribution in [3.8, 4) is 0 Å². The van der Waals surface area contributed by atoms with Crippen LogP contribution >= 0.6 is 0 Å². The largest absolute Gasteiger partial charge is 0.307 e. The summed E-state index contributed by atoms with van der Waals surface area (Å²) in [6.45, 7) is 1.98. The van der Waals surface area contributed by atoms with Crippen molar-refractivity contribution in [2.75, 3.05) is 7.05 Å². The van der Waals surface area contributed by atoms with Crippen LogP contribution in [0.3, 0.4) is 0 Å². The van der Waals surface area contributed by atoms with E-state index >= 15 is 0 Å². The molecule has 2 aromatic rings. The molecule has 0 spiro atoms. The highest BCUT2D eigenvalue weighted by Gasteiger charge is 2.17. The summed E-state index contributed by atoms with van der Waals surface area (Å²) in [4.78, 5) is 8.39. The zero-order chi connectivity index (χ0) is 11.5. The van der Waals surface area contributed by atoms with Gasteiger partial charge in [0.2, 0.25) is 0 Å². The second kappa shape index (κ2) is 4.40. The van der Waals surface area contributed by atoms with Crippen molar-refractivity contribution in [2.24, 2.45) is 7.05 Å². The Hall–Kier alpha value is -1.75. The molecule has 0 aliphatic carbocycles. The van der Waals surface area contributed by atoms with E-state index in [0.29, 0.717) is 0 Å². The molecular weight excluding hydrogens is 202 g/mol. The summed E-state index contributed by atoms with van der Waals surface area (Å²) in [5.74, 6) is 0. The van der Waals surface area contributed by atoms with E-state index < -0.39 is 0 Å². The molecular formula is C11H15N5. The molecule has 0 aromatic carbocycles. The number of hydrogen-bond acceptors (Lipinski definition) is 4. The van der Waals surface area contributed by atoms with Gasteiger partial charge in [-0.25, -0.2) is 0 Å². The summed E-state index contributed by atoms with van der Waals surface area (Å²) in [7, 11) is 3.84. The van der Waals surface area contributed by atoms with E-state index in [-0.39, 0.29) is 6.04 Å². The Morgan fingerprint density at radius 2 is 2.19 bits per heavy atom. The van der Waals surface area contributed by atoms with Gasteiger partial charge in [0, 0.05) is 19.4 Å². The first-order valence-electron chi connectivity index (χ1n) is 5.16. The SMILES string of the molecule is CNC(c1cnccn1)c1cc(C)nn1C. The summed E-state index contributed by atoms with van der Waals surface area (Å²) >= 11 is 0. The van der Waals surface area contributed by atoms with Gasteiger partial charge in [0.1, 0.15) is 0 Å². The van der Waals surface area contributed by atoms with Crippen molar-refractivity contribution in [3.63, 3.8) is 0 Å². The maximum Gasteiger partial charge on any atom is 0.0935 e. The van der Waals surface area contributed by atoms with Crippen molar-refractivity contribution < 1.29 is 0 Å². The third kappa shape index (κ3) is 1.94. The van der Waals surface area contributed by atoms with Crippen molar-refractivity contribution in [1.82, 2.24) is 25.1 Å². The van der Waals surface area contributed by atoms with Crippen LogP contribution in [0.1, 0.15) is 23.1 Å². The molecule has 2 heterocycles. The van der Waals surface area contributed by atoms with E-state index in [9.17, 15) is 0 Å². The second-order valence-electron chi connectivity index (χ2n) is 3.69. The minimum atomic E-state index is 0.0277. The number of nitrogens with one attached hydrogen (secondary N) is 1. The lowest BCUT2D eigenvalue weighted by Crippen LogP contribution is -2.21. The number of aryl methyl sites for hydroxylation is 2. The fourth-order valence-electron chi connectivity index (χ4n) is 1.81. The monoisotopic (exact) mass is 217 g/mol. The van der Waals surface area contributed by atoms with Gasteiger partial charge in [-0.15, -0.1) is 0 Å². The normalized spacial score (nSPS) is 12.7. The van der Waals surface area contributed by atoms with Gasteiger partial charge in [-0.05, 0) is 20.0 Å². The van der Waals surface area contributed by atoms with Crippen LogP contribution in [0.2, 0.25) is 0 Å². The molecule has 2 rings (SSSR count). The van der Waals surface area contributed by atoms with Gasteiger partial charge < -0.3 is 5.32 Å². The Morgan fingerprint density at radius 1 is 1.38 bits per heavy atom. The molecule has 0 saturated carbocycles. The Labute approximate surface area is 94.5 Å². The van der Waals surface area contributed by atoms with Crippen LogP contribution in [0.25, 0.3) is 0 Å². The number of nitrogens with zero attached hydrogens (tertiary/aromatic N) is 4. The Bertz CT molecular complexity index is 462. The standard InChI is InChI=1S/C11H15N5/c1-8-6-10(16(3)15-8)11(12-2)9-7-13-4-5-14-9/h4-7,11-12H,1-3H3. The van der Waals surface area contributed by atoms with Crippen molar-refractivity contribution in [2.45, 2.75) is 13.0 Å². The first-order valence-corrected chi connectivity index (χ1v) is 5.16. The first-order chi connectivity index (χ1) is 7.72. The molecule has 0 saturated heterocycles. The topological polar surface area (TPSA) is 55.6 Å². The molecule has 0 bridgehead atoms. The molecule has 1 N–H and O–H groups in total. The maximum atomic E-state index is 4.33. The third-order valence-electron chi connectivity index (χ3n) is 2.50. The fourth-order valence-corrected chi connectivity index (χ4v) is 1.81. The highest BCUT2D eigenvalue weighted by Crippen LogP contribution is 2.19. The minimum absolute atomic E-state index is 0.0277. The van der Waals surface area contributed by atoms with E-state index in [1.54, 1.807) is 18.6 Å². The lowest BCUT2D eigenvalue weighted by atomic mass is 10.1. The molecule has 5 nitrogen and oxygen atoms in total. The third-order valence-corrected chi connectivity index (χ3v) is 2.50. The predicted molar refractivity (Wildman–Crippen MR) is 60.9 cm³/mol. The number of hydrogen-bond donors (Lipinski definition) is 1. The van der Waals surface area contributed by atoms with Crippen LogP contribution in [-0.4, -0.2) is 26.8 Å². The molecule has 0 fully saturated rings. The van der Waals surface area contributed by atoms with Gasteiger partial charge in [0.05, 0.1) is 29.3 Å². The van der Waals surface area contributed by atoms with Crippen molar-refractivity contribution in [3.05, 3.63) is 41.7 Å². The molecule has 0 aliphatic rings. The van der Waals surface area contributed by atoms with Crippen LogP contribution in [0.4, 0.5) is 0 Å². The molecule has 0 radical (unpaired) electrons.